The van der Waals surface area contributed by atoms with Gasteiger partial charge in [-0.15, -0.1) is 0 Å². The van der Waals surface area contributed by atoms with Crippen molar-refractivity contribution in [3.05, 3.63) is 66.4 Å². The highest BCUT2D eigenvalue weighted by atomic mass is 14.9. The minimum atomic E-state index is 1.02. The lowest BCUT2D eigenvalue weighted by atomic mass is 10.2. The molecule has 0 unspecified atom stereocenters. The summed E-state index contributed by atoms with van der Waals surface area (Å²) in [6.45, 7) is 2.09. The molecule has 1 aromatic heterocycles. The summed E-state index contributed by atoms with van der Waals surface area (Å²) in [7, 11) is 0. The minimum absolute atomic E-state index is 1.02. The molecule has 3 aromatic rings. The van der Waals surface area contributed by atoms with Gasteiger partial charge in [-0.2, -0.15) is 0 Å². The summed E-state index contributed by atoms with van der Waals surface area (Å²) in [6.07, 6.45) is 1.81. The maximum absolute atomic E-state index is 4.31. The highest BCUT2D eigenvalue weighted by molar-refractivity contribution is 5.83. The lowest BCUT2D eigenvalue weighted by Gasteiger charge is -2.07. The first kappa shape index (κ1) is 10.8. The molecular weight excluding hydrogens is 220 g/mol. The number of hydrogen-bond donors (Lipinski definition) is 1. The van der Waals surface area contributed by atoms with Gasteiger partial charge in [0.1, 0.15) is 0 Å². The van der Waals surface area contributed by atoms with Crippen molar-refractivity contribution in [2.75, 3.05) is 5.32 Å². The summed E-state index contributed by atoms with van der Waals surface area (Å²) in [5, 5.41) is 4.54. The number of benzene rings is 2. The van der Waals surface area contributed by atoms with Crippen molar-refractivity contribution in [3.63, 3.8) is 0 Å². The van der Waals surface area contributed by atoms with Crippen LogP contribution in [0.4, 0.5) is 11.4 Å². The minimum Gasteiger partial charge on any atom is -0.356 e. The van der Waals surface area contributed by atoms with Crippen LogP contribution in [0, 0.1) is 6.92 Å². The summed E-state index contributed by atoms with van der Waals surface area (Å²) >= 11 is 0. The molecular formula is C16H14N2. The van der Waals surface area contributed by atoms with Gasteiger partial charge in [-0.25, -0.2) is 0 Å². The fourth-order valence-electron chi connectivity index (χ4n) is 1.96. The zero-order valence-electron chi connectivity index (χ0n) is 10.2. The number of aryl methyl sites for hydroxylation is 1. The van der Waals surface area contributed by atoms with Gasteiger partial charge in [-0.1, -0.05) is 23.8 Å². The molecule has 88 valence electrons. The lowest BCUT2D eigenvalue weighted by Crippen LogP contribution is -1.90. The van der Waals surface area contributed by atoms with E-state index in [-0.39, 0.29) is 0 Å². The maximum Gasteiger partial charge on any atom is 0.0703 e. The standard InChI is InChI=1S/C16H14N2/c1-12-4-6-14(7-5-12)18-15-8-9-16-13(11-15)3-2-10-17-16/h2-11,18H,1H3. The molecule has 0 aliphatic rings. The Balaban J connectivity index is 1.92. The Morgan fingerprint density at radius 3 is 2.50 bits per heavy atom. The zero-order valence-corrected chi connectivity index (χ0v) is 10.2. The van der Waals surface area contributed by atoms with Crippen molar-refractivity contribution in [3.8, 4) is 0 Å². The van der Waals surface area contributed by atoms with Crippen molar-refractivity contribution in [2.24, 2.45) is 0 Å². The van der Waals surface area contributed by atoms with Crippen LogP contribution in [-0.2, 0) is 0 Å². The molecule has 1 heterocycles. The predicted molar refractivity (Wildman–Crippen MR) is 76.2 cm³/mol. The van der Waals surface area contributed by atoms with Crippen molar-refractivity contribution < 1.29 is 0 Å². The van der Waals surface area contributed by atoms with E-state index in [2.05, 4.69) is 59.7 Å². The summed E-state index contributed by atoms with van der Waals surface area (Å²) < 4.78 is 0. The Morgan fingerprint density at radius 1 is 0.889 bits per heavy atom. The molecule has 1 N–H and O–H groups in total. The third-order valence-electron chi connectivity index (χ3n) is 2.94. The number of aromatic nitrogens is 1. The Kier molecular flexibility index (Phi) is 2.69. The molecule has 0 fully saturated rings. The highest BCUT2D eigenvalue weighted by Crippen LogP contribution is 2.21. The SMILES string of the molecule is Cc1ccc(Nc2ccc3ncccc3c2)cc1. The number of anilines is 2. The van der Waals surface area contributed by atoms with Crippen LogP contribution < -0.4 is 5.32 Å². The Morgan fingerprint density at radius 2 is 1.67 bits per heavy atom. The number of hydrogen-bond acceptors (Lipinski definition) is 2. The van der Waals surface area contributed by atoms with Gasteiger partial charge in [0.15, 0.2) is 0 Å². The van der Waals surface area contributed by atoms with Gasteiger partial charge >= 0.3 is 0 Å². The van der Waals surface area contributed by atoms with Crippen molar-refractivity contribution in [1.82, 2.24) is 4.98 Å². The highest BCUT2D eigenvalue weighted by Gasteiger charge is 1.97. The largest absolute Gasteiger partial charge is 0.356 e. The topological polar surface area (TPSA) is 24.9 Å². The van der Waals surface area contributed by atoms with Crippen LogP contribution in [0.25, 0.3) is 10.9 Å². The first-order valence-electron chi connectivity index (χ1n) is 6.00. The van der Waals surface area contributed by atoms with E-state index in [1.54, 1.807) is 0 Å². The molecule has 0 spiro atoms. The normalized spacial score (nSPS) is 10.5. The van der Waals surface area contributed by atoms with E-state index in [9.17, 15) is 0 Å². The van der Waals surface area contributed by atoms with Gasteiger partial charge < -0.3 is 5.32 Å². The van der Waals surface area contributed by atoms with E-state index in [0.717, 1.165) is 22.3 Å². The van der Waals surface area contributed by atoms with Gasteiger partial charge in [-0.3, -0.25) is 4.98 Å². The van der Waals surface area contributed by atoms with E-state index < -0.39 is 0 Å². The van der Waals surface area contributed by atoms with E-state index in [1.165, 1.54) is 5.56 Å². The molecule has 0 radical (unpaired) electrons. The number of fused-ring (bicyclic) bond motifs is 1. The van der Waals surface area contributed by atoms with Crippen LogP contribution in [0.1, 0.15) is 5.56 Å². The van der Waals surface area contributed by atoms with Crippen LogP contribution in [0.3, 0.4) is 0 Å². The number of nitrogens with zero attached hydrogens (tertiary/aromatic N) is 1. The van der Waals surface area contributed by atoms with E-state index in [0.29, 0.717) is 0 Å². The third kappa shape index (κ3) is 2.18. The van der Waals surface area contributed by atoms with Crippen LogP contribution >= 0.6 is 0 Å². The first-order valence-corrected chi connectivity index (χ1v) is 6.00. The van der Waals surface area contributed by atoms with Gasteiger partial charge in [0.2, 0.25) is 0 Å². The fourth-order valence-corrected chi connectivity index (χ4v) is 1.96. The molecule has 0 saturated carbocycles. The second kappa shape index (κ2) is 4.49. The van der Waals surface area contributed by atoms with E-state index in [1.807, 2.05) is 18.3 Å². The second-order valence-corrected chi connectivity index (χ2v) is 4.40. The zero-order chi connectivity index (χ0) is 12.4. The molecule has 2 heteroatoms. The Hall–Kier alpha value is -2.35. The van der Waals surface area contributed by atoms with E-state index >= 15 is 0 Å². The number of pyridine rings is 1. The molecule has 0 saturated heterocycles. The van der Waals surface area contributed by atoms with Crippen molar-refractivity contribution >= 4 is 22.3 Å². The number of nitrogens with one attached hydrogen (secondary N) is 1. The molecule has 0 bridgehead atoms. The molecule has 0 atom stereocenters. The fraction of sp³-hybridized carbons (Fsp3) is 0.0625. The third-order valence-corrected chi connectivity index (χ3v) is 2.94. The summed E-state index contributed by atoms with van der Waals surface area (Å²) in [4.78, 5) is 4.31. The maximum atomic E-state index is 4.31. The average molecular weight is 234 g/mol. The van der Waals surface area contributed by atoms with Crippen molar-refractivity contribution in [1.29, 1.82) is 0 Å². The Labute approximate surface area is 106 Å². The van der Waals surface area contributed by atoms with Gasteiger partial charge in [0, 0.05) is 23.0 Å². The second-order valence-electron chi connectivity index (χ2n) is 4.40. The molecule has 18 heavy (non-hydrogen) atoms. The smallest absolute Gasteiger partial charge is 0.0703 e. The average Bonchev–Trinajstić information content (AvgIpc) is 2.41. The molecule has 0 aliphatic carbocycles. The summed E-state index contributed by atoms with van der Waals surface area (Å²) in [6, 6.07) is 18.6. The quantitative estimate of drug-likeness (QED) is 0.715. The molecule has 2 nitrogen and oxygen atoms in total. The molecule has 2 aromatic carbocycles. The molecule has 0 aliphatic heterocycles. The van der Waals surface area contributed by atoms with Gasteiger partial charge in [0.25, 0.3) is 0 Å². The van der Waals surface area contributed by atoms with Crippen LogP contribution in [0.15, 0.2) is 60.8 Å². The van der Waals surface area contributed by atoms with Crippen LogP contribution in [0.2, 0.25) is 0 Å². The van der Waals surface area contributed by atoms with Crippen molar-refractivity contribution in [2.45, 2.75) is 6.92 Å². The molecule has 3 rings (SSSR count). The van der Waals surface area contributed by atoms with E-state index in [4.69, 9.17) is 0 Å². The molecule has 0 amide bonds. The van der Waals surface area contributed by atoms with Crippen LogP contribution in [-0.4, -0.2) is 4.98 Å². The number of rotatable bonds is 2. The Bertz CT molecular complexity index is 672. The monoisotopic (exact) mass is 234 g/mol. The van der Waals surface area contributed by atoms with Crippen LogP contribution in [0.5, 0.6) is 0 Å². The summed E-state index contributed by atoms with van der Waals surface area (Å²) in [5.41, 5.74) is 4.47. The predicted octanol–water partition coefficient (Wildman–Crippen LogP) is 4.29. The van der Waals surface area contributed by atoms with Gasteiger partial charge in [-0.05, 0) is 43.3 Å². The summed E-state index contributed by atoms with van der Waals surface area (Å²) in [5.74, 6) is 0. The lowest BCUT2D eigenvalue weighted by molar-refractivity contribution is 1.41. The first-order chi connectivity index (χ1) is 8.81. The van der Waals surface area contributed by atoms with Gasteiger partial charge in [0.05, 0.1) is 5.52 Å².